The first-order valence-corrected chi connectivity index (χ1v) is 12.7. The smallest absolute Gasteiger partial charge is 0.265 e. The van der Waals surface area contributed by atoms with Gasteiger partial charge in [-0.1, -0.05) is 12.1 Å². The summed E-state index contributed by atoms with van der Waals surface area (Å²) in [4.78, 5) is 24.8. The van der Waals surface area contributed by atoms with Crippen LogP contribution < -0.4 is 20.1 Å². The number of nitrogens with zero attached hydrogens (tertiary/aromatic N) is 1. The molecule has 0 aliphatic carbocycles. The maximum atomic E-state index is 13.5. The van der Waals surface area contributed by atoms with Gasteiger partial charge in [0.25, 0.3) is 5.91 Å². The molecule has 2 N–H and O–H groups in total. The molecule has 1 saturated heterocycles. The zero-order chi connectivity index (χ0) is 24.5. The fourth-order valence-corrected chi connectivity index (χ4v) is 6.00. The number of amides is 2. The van der Waals surface area contributed by atoms with Gasteiger partial charge in [-0.25, -0.2) is 8.42 Å². The van der Waals surface area contributed by atoms with Crippen molar-refractivity contribution >= 4 is 27.5 Å². The second-order valence-corrected chi connectivity index (χ2v) is 10.5. The molecular weight excluding hydrogens is 458 g/mol. The number of nitrogens with one attached hydrogen (secondary N) is 2. The predicted molar refractivity (Wildman–Crippen MR) is 126 cm³/mol. The summed E-state index contributed by atoms with van der Waals surface area (Å²) in [7, 11) is -2.27. The lowest BCUT2D eigenvalue weighted by atomic mass is 9.99. The molecule has 2 aliphatic heterocycles. The van der Waals surface area contributed by atoms with Gasteiger partial charge >= 0.3 is 0 Å². The fraction of sp³-hybridized carbons (Fsp3) is 0.417. The molecule has 0 aromatic heterocycles. The number of rotatable bonds is 6. The van der Waals surface area contributed by atoms with Crippen LogP contribution in [-0.2, 0) is 26.2 Å². The second-order valence-electron chi connectivity index (χ2n) is 8.63. The summed E-state index contributed by atoms with van der Waals surface area (Å²) < 4.78 is 39.2. The molecule has 2 unspecified atom stereocenters. The van der Waals surface area contributed by atoms with E-state index in [0.29, 0.717) is 48.7 Å². The van der Waals surface area contributed by atoms with Crippen molar-refractivity contribution in [1.82, 2.24) is 9.62 Å². The van der Waals surface area contributed by atoms with E-state index < -0.39 is 22.0 Å². The topological polar surface area (TPSA) is 114 Å². The van der Waals surface area contributed by atoms with Crippen molar-refractivity contribution in [2.24, 2.45) is 5.92 Å². The molecule has 0 saturated carbocycles. The molecule has 0 bridgehead atoms. The Hall–Kier alpha value is -3.11. The number of hydrogen-bond acceptors (Lipinski definition) is 6. The predicted octanol–water partition coefficient (Wildman–Crippen LogP) is 2.44. The van der Waals surface area contributed by atoms with Gasteiger partial charge in [0.05, 0.1) is 23.6 Å². The third-order valence-corrected chi connectivity index (χ3v) is 8.19. The standard InChI is InChI=1S/C24H29N3O6S/c1-15-10-20-21(33-16(2)23(28)26-20)12-22(15)34(30,31)27-9-5-7-18(14-27)24(29)25-13-17-6-4-8-19(11-17)32-3/h4,6,8,10-12,16,18H,5,7,9,13-14H2,1-3H3,(H,25,29)(H,26,28). The molecule has 0 radical (unpaired) electrons. The summed E-state index contributed by atoms with van der Waals surface area (Å²) in [5.41, 5.74) is 1.86. The number of anilines is 1. The maximum absolute atomic E-state index is 13.5. The van der Waals surface area contributed by atoms with E-state index in [2.05, 4.69) is 10.6 Å². The van der Waals surface area contributed by atoms with Gasteiger partial charge in [-0.3, -0.25) is 9.59 Å². The van der Waals surface area contributed by atoms with Crippen molar-refractivity contribution in [2.75, 3.05) is 25.5 Å². The third kappa shape index (κ3) is 4.88. The van der Waals surface area contributed by atoms with E-state index >= 15 is 0 Å². The lowest BCUT2D eigenvalue weighted by Crippen LogP contribution is -2.45. The molecule has 1 fully saturated rings. The first-order chi connectivity index (χ1) is 16.2. The molecule has 2 aliphatic rings. The van der Waals surface area contributed by atoms with Gasteiger partial charge in [0.1, 0.15) is 11.5 Å². The maximum Gasteiger partial charge on any atom is 0.265 e. The minimum absolute atomic E-state index is 0.108. The van der Waals surface area contributed by atoms with Crippen LogP contribution in [-0.4, -0.2) is 50.8 Å². The van der Waals surface area contributed by atoms with Crippen LogP contribution in [0.4, 0.5) is 5.69 Å². The van der Waals surface area contributed by atoms with E-state index in [4.69, 9.17) is 9.47 Å². The Morgan fingerprint density at radius 2 is 2.09 bits per heavy atom. The molecule has 4 rings (SSSR count). The van der Waals surface area contributed by atoms with Crippen LogP contribution in [0.15, 0.2) is 41.3 Å². The van der Waals surface area contributed by atoms with Crippen molar-refractivity contribution in [2.45, 2.75) is 44.2 Å². The quantitative estimate of drug-likeness (QED) is 0.647. The van der Waals surface area contributed by atoms with Crippen LogP contribution >= 0.6 is 0 Å². The van der Waals surface area contributed by atoms with Gasteiger partial charge in [-0.05, 0) is 56.0 Å². The Balaban J connectivity index is 1.47. The average Bonchev–Trinajstić information content (AvgIpc) is 2.83. The number of piperidine rings is 1. The Morgan fingerprint density at radius 1 is 1.29 bits per heavy atom. The third-order valence-electron chi connectivity index (χ3n) is 6.18. The Bertz CT molecular complexity index is 1210. The van der Waals surface area contributed by atoms with Crippen LogP contribution in [0.1, 0.15) is 30.9 Å². The van der Waals surface area contributed by atoms with Crippen LogP contribution in [0.2, 0.25) is 0 Å². The Kier molecular flexibility index (Phi) is 6.81. The average molecular weight is 488 g/mol. The molecule has 2 aromatic carbocycles. The van der Waals surface area contributed by atoms with Crippen molar-refractivity contribution < 1.29 is 27.5 Å². The number of hydrogen-bond donors (Lipinski definition) is 2. The monoisotopic (exact) mass is 487 g/mol. The number of sulfonamides is 1. The largest absolute Gasteiger partial charge is 0.497 e. The highest BCUT2D eigenvalue weighted by molar-refractivity contribution is 7.89. The number of benzene rings is 2. The van der Waals surface area contributed by atoms with Crippen LogP contribution in [0, 0.1) is 12.8 Å². The van der Waals surface area contributed by atoms with E-state index in [1.54, 1.807) is 27.0 Å². The molecule has 10 heteroatoms. The molecule has 2 amide bonds. The van der Waals surface area contributed by atoms with Gasteiger partial charge in [-0.2, -0.15) is 4.31 Å². The van der Waals surface area contributed by atoms with Crippen molar-refractivity contribution in [3.05, 3.63) is 47.5 Å². The first kappa shape index (κ1) is 24.0. The van der Waals surface area contributed by atoms with Gasteiger partial charge in [0.15, 0.2) is 6.10 Å². The van der Waals surface area contributed by atoms with Gasteiger partial charge < -0.3 is 20.1 Å². The molecule has 2 heterocycles. The number of ether oxygens (including phenoxy) is 2. The molecule has 34 heavy (non-hydrogen) atoms. The molecule has 0 spiro atoms. The summed E-state index contributed by atoms with van der Waals surface area (Å²) in [5.74, 6) is 0.134. The van der Waals surface area contributed by atoms with Crippen LogP contribution in [0.25, 0.3) is 0 Å². The molecular formula is C24H29N3O6S. The lowest BCUT2D eigenvalue weighted by Gasteiger charge is -2.32. The van der Waals surface area contributed by atoms with E-state index in [0.717, 1.165) is 5.56 Å². The fourth-order valence-electron chi connectivity index (χ4n) is 4.25. The molecule has 2 aromatic rings. The highest BCUT2D eigenvalue weighted by atomic mass is 32.2. The summed E-state index contributed by atoms with van der Waals surface area (Å²) in [5, 5.41) is 5.65. The van der Waals surface area contributed by atoms with E-state index in [-0.39, 0.29) is 23.3 Å². The SMILES string of the molecule is COc1cccc(CNC(=O)C2CCCN(S(=O)(=O)c3cc4c(cc3C)NC(=O)C(C)O4)C2)c1. The molecule has 182 valence electrons. The number of carbonyl (C=O) groups excluding carboxylic acids is 2. The number of methoxy groups -OCH3 is 1. The van der Waals surface area contributed by atoms with E-state index in [1.807, 2.05) is 24.3 Å². The molecule has 9 nitrogen and oxygen atoms in total. The number of aryl methyl sites for hydroxylation is 1. The zero-order valence-electron chi connectivity index (χ0n) is 19.5. The van der Waals surface area contributed by atoms with Crippen LogP contribution in [0.3, 0.4) is 0 Å². The van der Waals surface area contributed by atoms with Crippen molar-refractivity contribution in [3.63, 3.8) is 0 Å². The molecule has 2 atom stereocenters. The highest BCUT2D eigenvalue weighted by Gasteiger charge is 2.35. The van der Waals surface area contributed by atoms with Crippen LogP contribution in [0.5, 0.6) is 11.5 Å². The Morgan fingerprint density at radius 3 is 2.85 bits per heavy atom. The van der Waals surface area contributed by atoms with E-state index in [9.17, 15) is 18.0 Å². The van der Waals surface area contributed by atoms with Crippen molar-refractivity contribution in [1.29, 1.82) is 0 Å². The summed E-state index contributed by atoms with van der Waals surface area (Å²) >= 11 is 0. The lowest BCUT2D eigenvalue weighted by molar-refractivity contribution is -0.126. The second kappa shape index (κ2) is 9.63. The highest BCUT2D eigenvalue weighted by Crippen LogP contribution is 2.36. The summed E-state index contributed by atoms with van der Waals surface area (Å²) in [6, 6.07) is 10.5. The van der Waals surface area contributed by atoms with Gasteiger partial charge in [0.2, 0.25) is 15.9 Å². The Labute approximate surface area is 199 Å². The number of carbonyl (C=O) groups is 2. The number of fused-ring (bicyclic) bond motifs is 1. The normalized spacial score (nSPS) is 20.6. The first-order valence-electron chi connectivity index (χ1n) is 11.2. The van der Waals surface area contributed by atoms with Gasteiger partial charge in [0, 0.05) is 25.7 Å². The van der Waals surface area contributed by atoms with Crippen molar-refractivity contribution in [3.8, 4) is 11.5 Å². The minimum atomic E-state index is -3.86. The zero-order valence-corrected chi connectivity index (χ0v) is 20.3. The summed E-state index contributed by atoms with van der Waals surface area (Å²) in [6.07, 6.45) is 0.494. The minimum Gasteiger partial charge on any atom is -0.497 e. The van der Waals surface area contributed by atoms with E-state index in [1.165, 1.54) is 10.4 Å². The summed E-state index contributed by atoms with van der Waals surface area (Å²) in [6.45, 7) is 4.07. The van der Waals surface area contributed by atoms with Gasteiger partial charge in [-0.15, -0.1) is 0 Å².